The summed E-state index contributed by atoms with van der Waals surface area (Å²) in [5.41, 5.74) is 1.10. The predicted octanol–water partition coefficient (Wildman–Crippen LogP) is 4.38. The molecule has 0 spiro atoms. The van der Waals surface area contributed by atoms with Gasteiger partial charge >= 0.3 is 5.97 Å². The fourth-order valence-corrected chi connectivity index (χ4v) is 4.58. The Morgan fingerprint density at radius 3 is 2.67 bits per heavy atom. The average molecular weight is 500 g/mol. The minimum atomic E-state index is -0.936. The highest BCUT2D eigenvalue weighted by Crippen LogP contribution is 2.26. The van der Waals surface area contributed by atoms with Crippen LogP contribution in [0.5, 0.6) is 5.75 Å². The number of ether oxygens (including phenoxy) is 1. The van der Waals surface area contributed by atoms with Crippen LogP contribution >= 0.6 is 0 Å². The van der Waals surface area contributed by atoms with E-state index in [-0.39, 0.29) is 12.1 Å². The molecule has 36 heavy (non-hydrogen) atoms. The van der Waals surface area contributed by atoms with Crippen molar-refractivity contribution in [3.63, 3.8) is 0 Å². The summed E-state index contributed by atoms with van der Waals surface area (Å²) in [5, 5.41) is 10.5. The number of aliphatic carboxylic acids is 1. The molecule has 1 saturated heterocycles. The summed E-state index contributed by atoms with van der Waals surface area (Å²) < 4.78 is 47.5. The van der Waals surface area contributed by atoms with Crippen molar-refractivity contribution >= 4 is 22.9 Å². The Labute approximate surface area is 207 Å². The Morgan fingerprint density at radius 2 is 1.94 bits per heavy atom. The van der Waals surface area contributed by atoms with Crippen LogP contribution in [0, 0.1) is 17.5 Å². The van der Waals surface area contributed by atoms with Crippen molar-refractivity contribution in [1.29, 1.82) is 0 Å². The molecule has 3 aromatic rings. The van der Waals surface area contributed by atoms with Crippen molar-refractivity contribution in [3.05, 3.63) is 77.2 Å². The molecular formula is C27H28F3N3O3. The first-order valence-electron chi connectivity index (χ1n) is 11.8. The standard InChI is InChI=1S/C27H28F3N3O3/c1-36-18-9-10-25-21(15-18)19(24(30)16-31-25)5-4-12-33-14-13-32(17-26(33)27(34)35)11-3-6-20-22(28)7-2-8-23(20)29/h2-3,6-10,15-16,26H,4-5,11-14,17H2,1H3,(H,34,35)/b6-3-/t26-/m1/s1. The molecule has 0 amide bonds. The third-order valence-corrected chi connectivity index (χ3v) is 6.51. The molecular weight excluding hydrogens is 471 g/mol. The van der Waals surface area contributed by atoms with E-state index in [0.29, 0.717) is 61.2 Å². The van der Waals surface area contributed by atoms with Crippen molar-refractivity contribution in [2.75, 3.05) is 39.8 Å². The second-order valence-corrected chi connectivity index (χ2v) is 8.76. The van der Waals surface area contributed by atoms with Crippen molar-refractivity contribution in [1.82, 2.24) is 14.8 Å². The summed E-state index contributed by atoms with van der Waals surface area (Å²) in [5.74, 6) is -2.00. The Morgan fingerprint density at radius 1 is 1.17 bits per heavy atom. The molecule has 1 N–H and O–H groups in total. The van der Waals surface area contributed by atoms with Crippen molar-refractivity contribution in [3.8, 4) is 5.75 Å². The molecule has 1 aliphatic heterocycles. The van der Waals surface area contributed by atoms with Crippen LogP contribution in [0.1, 0.15) is 17.5 Å². The van der Waals surface area contributed by atoms with E-state index in [0.717, 1.165) is 0 Å². The highest BCUT2D eigenvalue weighted by molar-refractivity contribution is 5.83. The number of methoxy groups -OCH3 is 1. The predicted molar refractivity (Wildman–Crippen MR) is 131 cm³/mol. The Kier molecular flexibility index (Phi) is 8.22. The van der Waals surface area contributed by atoms with E-state index < -0.39 is 29.5 Å². The number of piperazine rings is 1. The Hall–Kier alpha value is -3.43. The number of pyridine rings is 1. The molecule has 1 aliphatic rings. The maximum atomic E-state index is 14.6. The molecule has 1 aromatic heterocycles. The number of carboxylic acids is 1. The van der Waals surface area contributed by atoms with Crippen LogP contribution in [0.2, 0.25) is 0 Å². The van der Waals surface area contributed by atoms with Gasteiger partial charge in [-0.25, -0.2) is 13.2 Å². The Balaban J connectivity index is 1.37. The molecule has 0 aliphatic carbocycles. The van der Waals surface area contributed by atoms with Gasteiger partial charge in [-0.15, -0.1) is 0 Å². The van der Waals surface area contributed by atoms with Crippen LogP contribution in [0.3, 0.4) is 0 Å². The lowest BCUT2D eigenvalue weighted by Crippen LogP contribution is -2.56. The van der Waals surface area contributed by atoms with E-state index in [1.54, 1.807) is 31.4 Å². The number of halogens is 3. The summed E-state index contributed by atoms with van der Waals surface area (Å²) in [7, 11) is 1.55. The maximum absolute atomic E-state index is 14.6. The molecule has 1 atom stereocenters. The summed E-state index contributed by atoms with van der Waals surface area (Å²) in [4.78, 5) is 19.9. The fraction of sp³-hybridized carbons (Fsp3) is 0.333. The number of rotatable bonds is 9. The first kappa shape index (κ1) is 25.7. The van der Waals surface area contributed by atoms with Gasteiger partial charge in [0.25, 0.3) is 0 Å². The lowest BCUT2D eigenvalue weighted by Gasteiger charge is -2.39. The van der Waals surface area contributed by atoms with Crippen LogP contribution in [-0.2, 0) is 11.2 Å². The summed E-state index contributed by atoms with van der Waals surface area (Å²) in [6.07, 6.45) is 5.24. The van der Waals surface area contributed by atoms with Crippen molar-refractivity contribution in [2.45, 2.75) is 18.9 Å². The minimum Gasteiger partial charge on any atom is -0.497 e. The minimum absolute atomic E-state index is 0.112. The van der Waals surface area contributed by atoms with Gasteiger partial charge in [-0.1, -0.05) is 18.2 Å². The van der Waals surface area contributed by atoms with Gasteiger partial charge in [0.1, 0.15) is 29.2 Å². The number of hydrogen-bond acceptors (Lipinski definition) is 5. The van der Waals surface area contributed by atoms with Gasteiger partial charge in [0.2, 0.25) is 0 Å². The lowest BCUT2D eigenvalue weighted by atomic mass is 10.0. The summed E-state index contributed by atoms with van der Waals surface area (Å²) in [6, 6.07) is 8.29. The zero-order valence-electron chi connectivity index (χ0n) is 20.0. The van der Waals surface area contributed by atoms with Crippen LogP contribution in [0.15, 0.2) is 48.7 Å². The molecule has 1 fully saturated rings. The van der Waals surface area contributed by atoms with Crippen molar-refractivity contribution < 1.29 is 27.8 Å². The van der Waals surface area contributed by atoms with E-state index >= 15 is 0 Å². The average Bonchev–Trinajstić information content (AvgIpc) is 2.87. The topological polar surface area (TPSA) is 65.9 Å². The number of nitrogens with zero attached hydrogens (tertiary/aromatic N) is 3. The molecule has 0 saturated carbocycles. The molecule has 190 valence electrons. The van der Waals surface area contributed by atoms with Crippen LogP contribution in [0.25, 0.3) is 17.0 Å². The molecule has 0 unspecified atom stereocenters. The van der Waals surface area contributed by atoms with Crippen LogP contribution in [-0.4, -0.2) is 71.7 Å². The van der Waals surface area contributed by atoms with Gasteiger partial charge in [0.15, 0.2) is 0 Å². The quantitative estimate of drug-likeness (QED) is 0.472. The van der Waals surface area contributed by atoms with Gasteiger partial charge < -0.3 is 9.84 Å². The van der Waals surface area contributed by atoms with Crippen LogP contribution in [0.4, 0.5) is 13.2 Å². The number of aromatic nitrogens is 1. The zero-order valence-corrected chi connectivity index (χ0v) is 20.0. The smallest absolute Gasteiger partial charge is 0.322 e. The third-order valence-electron chi connectivity index (χ3n) is 6.51. The first-order valence-corrected chi connectivity index (χ1v) is 11.8. The number of benzene rings is 2. The zero-order chi connectivity index (χ0) is 25.7. The normalized spacial score (nSPS) is 17.2. The van der Waals surface area contributed by atoms with Gasteiger partial charge in [0.05, 0.1) is 18.8 Å². The van der Waals surface area contributed by atoms with Gasteiger partial charge in [-0.05, 0) is 55.3 Å². The van der Waals surface area contributed by atoms with Gasteiger partial charge in [-0.2, -0.15) is 0 Å². The molecule has 2 aromatic carbocycles. The molecule has 9 heteroatoms. The molecule has 0 radical (unpaired) electrons. The highest BCUT2D eigenvalue weighted by Gasteiger charge is 2.31. The number of fused-ring (bicyclic) bond motifs is 1. The van der Waals surface area contributed by atoms with Gasteiger partial charge in [-0.3, -0.25) is 19.6 Å². The van der Waals surface area contributed by atoms with Crippen molar-refractivity contribution in [2.24, 2.45) is 0 Å². The third kappa shape index (κ3) is 5.85. The number of carbonyl (C=O) groups is 1. The number of aryl methyl sites for hydroxylation is 1. The lowest BCUT2D eigenvalue weighted by molar-refractivity contribution is -0.145. The SMILES string of the molecule is COc1ccc2ncc(F)c(CCCN3CCN(C/C=C\c4c(F)cccc4F)C[C@@H]3C(=O)O)c2c1. The second-order valence-electron chi connectivity index (χ2n) is 8.76. The molecule has 4 rings (SSSR count). The fourth-order valence-electron chi connectivity index (χ4n) is 4.58. The van der Waals surface area contributed by atoms with E-state index in [4.69, 9.17) is 4.74 Å². The van der Waals surface area contributed by atoms with E-state index in [1.165, 1.54) is 30.5 Å². The second kappa shape index (κ2) is 11.5. The first-order chi connectivity index (χ1) is 17.4. The van der Waals surface area contributed by atoms with E-state index in [9.17, 15) is 23.1 Å². The highest BCUT2D eigenvalue weighted by atomic mass is 19.1. The maximum Gasteiger partial charge on any atom is 0.322 e. The molecule has 2 heterocycles. The Bertz CT molecular complexity index is 1250. The molecule has 0 bridgehead atoms. The number of carboxylic acid groups (broad SMARTS) is 1. The monoisotopic (exact) mass is 499 g/mol. The largest absolute Gasteiger partial charge is 0.497 e. The number of hydrogen-bond donors (Lipinski definition) is 1. The van der Waals surface area contributed by atoms with Crippen LogP contribution < -0.4 is 4.74 Å². The summed E-state index contributed by atoms with van der Waals surface area (Å²) >= 11 is 0. The van der Waals surface area contributed by atoms with E-state index in [2.05, 4.69) is 4.98 Å². The molecule has 6 nitrogen and oxygen atoms in total. The van der Waals surface area contributed by atoms with E-state index in [1.807, 2.05) is 9.80 Å². The van der Waals surface area contributed by atoms with Gasteiger partial charge in [0, 0.05) is 37.1 Å². The summed E-state index contributed by atoms with van der Waals surface area (Å²) in [6.45, 7) is 2.28.